The Bertz CT molecular complexity index is 862. The van der Waals surface area contributed by atoms with Gasteiger partial charge in [-0.25, -0.2) is 0 Å². The predicted octanol–water partition coefficient (Wildman–Crippen LogP) is 4.93. The van der Waals surface area contributed by atoms with Crippen LogP contribution >= 0.6 is 0 Å². The van der Waals surface area contributed by atoms with Gasteiger partial charge in [-0.15, -0.1) is 0 Å². The van der Waals surface area contributed by atoms with Crippen molar-refractivity contribution in [3.8, 4) is 11.1 Å². The molecule has 3 heteroatoms. The van der Waals surface area contributed by atoms with Crippen molar-refractivity contribution in [3.63, 3.8) is 0 Å². The monoisotopic (exact) mass is 316 g/mol. The zero-order chi connectivity index (χ0) is 17.1. The molecular weight excluding hydrogens is 296 g/mol. The maximum absolute atomic E-state index is 12.8. The summed E-state index contributed by atoms with van der Waals surface area (Å²) in [5, 5.41) is 2.99. The van der Waals surface area contributed by atoms with Gasteiger partial charge in [0.2, 0.25) is 0 Å². The summed E-state index contributed by atoms with van der Waals surface area (Å²) in [6.07, 6.45) is 3.38. The highest BCUT2D eigenvalue weighted by molar-refractivity contribution is 6.08. The molecule has 0 saturated heterocycles. The number of carbonyl (C=O) groups excluding carboxylic acids is 1. The number of rotatable bonds is 3. The fraction of sp³-hybridized carbons (Fsp3) is 0.143. The lowest BCUT2D eigenvalue weighted by Crippen LogP contribution is -2.13. The molecule has 1 N–H and O–H groups in total. The number of amides is 1. The first kappa shape index (κ1) is 15.9. The van der Waals surface area contributed by atoms with Gasteiger partial charge in [0.15, 0.2) is 0 Å². The van der Waals surface area contributed by atoms with Crippen molar-refractivity contribution in [1.29, 1.82) is 0 Å². The standard InChI is InChI=1S/C21H20N2O/c1-14-4-6-17(7-5-14)20-13-22-9-8-19(20)21(24)23-18-11-15(2)10-16(3)12-18/h4-13H,1-3H3,(H,23,24). The van der Waals surface area contributed by atoms with Crippen molar-refractivity contribution < 1.29 is 4.79 Å². The molecule has 0 saturated carbocycles. The van der Waals surface area contributed by atoms with Gasteiger partial charge in [0, 0.05) is 23.6 Å². The van der Waals surface area contributed by atoms with Crippen LogP contribution in [0.2, 0.25) is 0 Å². The summed E-state index contributed by atoms with van der Waals surface area (Å²) in [4.78, 5) is 16.9. The maximum Gasteiger partial charge on any atom is 0.256 e. The van der Waals surface area contributed by atoms with Gasteiger partial charge in [0.1, 0.15) is 0 Å². The van der Waals surface area contributed by atoms with E-state index in [0.29, 0.717) is 5.56 Å². The number of pyridine rings is 1. The van der Waals surface area contributed by atoms with E-state index in [2.05, 4.69) is 16.4 Å². The first-order valence-electron chi connectivity index (χ1n) is 7.93. The van der Waals surface area contributed by atoms with Gasteiger partial charge in [-0.2, -0.15) is 0 Å². The number of hydrogen-bond donors (Lipinski definition) is 1. The number of carbonyl (C=O) groups is 1. The summed E-state index contributed by atoms with van der Waals surface area (Å²) in [6.45, 7) is 6.08. The number of nitrogens with one attached hydrogen (secondary N) is 1. The van der Waals surface area contributed by atoms with Crippen LogP contribution in [0.1, 0.15) is 27.0 Å². The van der Waals surface area contributed by atoms with Crippen molar-refractivity contribution in [3.05, 3.63) is 83.2 Å². The largest absolute Gasteiger partial charge is 0.322 e. The van der Waals surface area contributed by atoms with Crippen molar-refractivity contribution in [2.45, 2.75) is 20.8 Å². The number of aromatic nitrogens is 1. The fourth-order valence-corrected chi connectivity index (χ4v) is 2.80. The van der Waals surface area contributed by atoms with Gasteiger partial charge in [0.25, 0.3) is 5.91 Å². The molecule has 1 heterocycles. The Kier molecular flexibility index (Phi) is 4.43. The van der Waals surface area contributed by atoms with Crippen molar-refractivity contribution >= 4 is 11.6 Å². The topological polar surface area (TPSA) is 42.0 Å². The van der Waals surface area contributed by atoms with Crippen molar-refractivity contribution in [2.75, 3.05) is 5.32 Å². The van der Waals surface area contributed by atoms with Crippen LogP contribution in [0.25, 0.3) is 11.1 Å². The molecule has 120 valence electrons. The Morgan fingerprint density at radius 2 is 1.54 bits per heavy atom. The summed E-state index contributed by atoms with van der Waals surface area (Å²) in [6, 6.07) is 15.9. The summed E-state index contributed by atoms with van der Waals surface area (Å²) >= 11 is 0. The van der Waals surface area contributed by atoms with Crippen LogP contribution < -0.4 is 5.32 Å². The zero-order valence-electron chi connectivity index (χ0n) is 14.1. The SMILES string of the molecule is Cc1ccc(-c2cnccc2C(=O)Nc2cc(C)cc(C)c2)cc1. The second-order valence-electron chi connectivity index (χ2n) is 6.12. The van der Waals surface area contributed by atoms with Gasteiger partial charge >= 0.3 is 0 Å². The molecule has 3 aromatic rings. The van der Waals surface area contributed by atoms with Gasteiger partial charge < -0.3 is 5.32 Å². The number of benzene rings is 2. The second-order valence-corrected chi connectivity index (χ2v) is 6.12. The molecule has 0 bridgehead atoms. The molecule has 1 amide bonds. The Morgan fingerprint density at radius 3 is 2.21 bits per heavy atom. The molecule has 0 aliphatic heterocycles. The number of nitrogens with zero attached hydrogens (tertiary/aromatic N) is 1. The smallest absolute Gasteiger partial charge is 0.256 e. The molecule has 0 fully saturated rings. The number of hydrogen-bond acceptors (Lipinski definition) is 2. The fourth-order valence-electron chi connectivity index (χ4n) is 2.80. The normalized spacial score (nSPS) is 10.5. The minimum Gasteiger partial charge on any atom is -0.322 e. The van der Waals surface area contributed by atoms with E-state index in [1.165, 1.54) is 5.56 Å². The molecule has 3 nitrogen and oxygen atoms in total. The first-order valence-corrected chi connectivity index (χ1v) is 7.93. The van der Waals surface area contributed by atoms with E-state index in [1.54, 1.807) is 18.5 Å². The van der Waals surface area contributed by atoms with Crippen LogP contribution in [0.3, 0.4) is 0 Å². The van der Waals surface area contributed by atoms with Crippen LogP contribution in [0.5, 0.6) is 0 Å². The maximum atomic E-state index is 12.8. The minimum atomic E-state index is -0.127. The molecule has 3 rings (SSSR count). The summed E-state index contributed by atoms with van der Waals surface area (Å²) < 4.78 is 0. The molecule has 0 aliphatic carbocycles. The lowest BCUT2D eigenvalue weighted by Gasteiger charge is -2.11. The Morgan fingerprint density at radius 1 is 0.875 bits per heavy atom. The van der Waals surface area contributed by atoms with Crippen LogP contribution in [0, 0.1) is 20.8 Å². The minimum absolute atomic E-state index is 0.127. The van der Waals surface area contributed by atoms with E-state index in [-0.39, 0.29) is 5.91 Å². The van der Waals surface area contributed by atoms with E-state index in [1.807, 2.05) is 57.2 Å². The molecule has 0 radical (unpaired) electrons. The van der Waals surface area contributed by atoms with Gasteiger partial charge in [-0.1, -0.05) is 35.9 Å². The molecule has 24 heavy (non-hydrogen) atoms. The molecule has 0 aliphatic rings. The Balaban J connectivity index is 1.94. The Hall–Kier alpha value is -2.94. The van der Waals surface area contributed by atoms with Crippen molar-refractivity contribution in [1.82, 2.24) is 4.98 Å². The summed E-state index contributed by atoms with van der Waals surface area (Å²) in [5.74, 6) is -0.127. The number of anilines is 1. The van der Waals surface area contributed by atoms with E-state index < -0.39 is 0 Å². The van der Waals surface area contributed by atoms with Crippen LogP contribution in [-0.4, -0.2) is 10.9 Å². The highest BCUT2D eigenvalue weighted by Crippen LogP contribution is 2.24. The zero-order valence-corrected chi connectivity index (χ0v) is 14.1. The third-order valence-electron chi connectivity index (χ3n) is 3.91. The van der Waals surface area contributed by atoms with Crippen LogP contribution in [0.15, 0.2) is 60.9 Å². The average Bonchev–Trinajstić information content (AvgIpc) is 2.54. The third-order valence-corrected chi connectivity index (χ3v) is 3.91. The Labute approximate surface area is 142 Å². The number of aryl methyl sites for hydroxylation is 3. The highest BCUT2D eigenvalue weighted by atomic mass is 16.1. The third kappa shape index (κ3) is 3.51. The average molecular weight is 316 g/mol. The summed E-state index contributed by atoms with van der Waals surface area (Å²) in [5.41, 5.74) is 6.68. The van der Waals surface area contributed by atoms with Crippen LogP contribution in [-0.2, 0) is 0 Å². The van der Waals surface area contributed by atoms with Crippen molar-refractivity contribution in [2.24, 2.45) is 0 Å². The van der Waals surface area contributed by atoms with E-state index in [9.17, 15) is 4.79 Å². The molecule has 0 spiro atoms. The second kappa shape index (κ2) is 6.67. The van der Waals surface area contributed by atoms with E-state index >= 15 is 0 Å². The van der Waals surface area contributed by atoms with Gasteiger partial charge in [-0.05, 0) is 55.7 Å². The predicted molar refractivity (Wildman–Crippen MR) is 98.3 cm³/mol. The van der Waals surface area contributed by atoms with Crippen LogP contribution in [0.4, 0.5) is 5.69 Å². The molecular formula is C21H20N2O. The highest BCUT2D eigenvalue weighted by Gasteiger charge is 2.13. The lowest BCUT2D eigenvalue weighted by atomic mass is 10.0. The lowest BCUT2D eigenvalue weighted by molar-refractivity contribution is 0.102. The molecule has 0 unspecified atom stereocenters. The first-order chi connectivity index (χ1) is 11.5. The molecule has 1 aromatic heterocycles. The van der Waals surface area contributed by atoms with Gasteiger partial charge in [-0.3, -0.25) is 9.78 Å². The molecule has 0 atom stereocenters. The molecule has 2 aromatic carbocycles. The quantitative estimate of drug-likeness (QED) is 0.744. The van der Waals surface area contributed by atoms with E-state index in [4.69, 9.17) is 0 Å². The van der Waals surface area contributed by atoms with Gasteiger partial charge in [0.05, 0.1) is 5.56 Å². The summed E-state index contributed by atoms with van der Waals surface area (Å²) in [7, 11) is 0. The van der Waals surface area contributed by atoms with E-state index in [0.717, 1.165) is 27.9 Å².